The van der Waals surface area contributed by atoms with Crippen LogP contribution < -0.4 is 15.8 Å². The number of benzene rings is 1. The average Bonchev–Trinajstić information content (AvgIpc) is 2.36. The maximum absolute atomic E-state index is 5.74. The average molecular weight is 454 g/mol. The number of guanidine groups is 1. The third-order valence-corrected chi connectivity index (χ3v) is 3.10. The number of aliphatic imine (C=N–C) groups is 1. The predicted molar refractivity (Wildman–Crippen MR) is 99.1 cm³/mol. The quantitative estimate of drug-likeness (QED) is 0.301. The highest BCUT2D eigenvalue weighted by Gasteiger charge is 2.06. The zero-order valence-corrected chi connectivity index (χ0v) is 15.7. The van der Waals surface area contributed by atoms with Crippen LogP contribution in [0.15, 0.2) is 39.8 Å². The van der Waals surface area contributed by atoms with Crippen LogP contribution in [0.2, 0.25) is 0 Å². The van der Waals surface area contributed by atoms with Crippen LogP contribution in [-0.4, -0.2) is 26.2 Å². The summed E-state index contributed by atoms with van der Waals surface area (Å²) in [4.78, 5) is 4.16. The molecule has 0 bridgehead atoms. The minimum Gasteiger partial charge on any atom is -0.495 e. The highest BCUT2D eigenvalue weighted by atomic mass is 127. The van der Waals surface area contributed by atoms with E-state index in [2.05, 4.69) is 32.8 Å². The van der Waals surface area contributed by atoms with Gasteiger partial charge in [-0.1, -0.05) is 24.3 Å². The summed E-state index contributed by atoms with van der Waals surface area (Å²) in [6, 6.07) is 5.98. The van der Waals surface area contributed by atoms with Gasteiger partial charge in [0.05, 0.1) is 18.1 Å². The van der Waals surface area contributed by atoms with Crippen molar-refractivity contribution in [3.8, 4) is 5.75 Å². The summed E-state index contributed by atoms with van der Waals surface area (Å²) in [6.07, 6.45) is 0.811. The molecule has 20 heavy (non-hydrogen) atoms. The second kappa shape index (κ2) is 10.0. The first-order valence-electron chi connectivity index (χ1n) is 6.04. The second-order valence-electron chi connectivity index (χ2n) is 4.27. The van der Waals surface area contributed by atoms with E-state index in [4.69, 9.17) is 10.5 Å². The fourth-order valence-electron chi connectivity index (χ4n) is 1.58. The van der Waals surface area contributed by atoms with Gasteiger partial charge in [0.15, 0.2) is 5.96 Å². The molecule has 0 unspecified atom stereocenters. The van der Waals surface area contributed by atoms with E-state index in [1.165, 1.54) is 0 Å². The topological polar surface area (TPSA) is 59.6 Å². The number of rotatable bonds is 6. The summed E-state index contributed by atoms with van der Waals surface area (Å²) in [5, 5.41) is 3.07. The number of nitrogens with one attached hydrogen (secondary N) is 1. The first-order valence-corrected chi connectivity index (χ1v) is 6.83. The van der Waals surface area contributed by atoms with Crippen LogP contribution in [0.25, 0.3) is 0 Å². The SMILES string of the molecule is C=C(C)CN=C(N)NCCc1cccc(Br)c1OC.I. The van der Waals surface area contributed by atoms with E-state index < -0.39 is 0 Å². The van der Waals surface area contributed by atoms with Gasteiger partial charge in [0.1, 0.15) is 5.75 Å². The van der Waals surface area contributed by atoms with Crippen molar-refractivity contribution in [2.75, 3.05) is 20.2 Å². The lowest BCUT2D eigenvalue weighted by Crippen LogP contribution is -2.33. The number of halogens is 2. The summed E-state index contributed by atoms with van der Waals surface area (Å²) in [5.41, 5.74) is 7.85. The molecule has 6 heteroatoms. The molecule has 0 atom stereocenters. The van der Waals surface area contributed by atoms with Crippen LogP contribution in [0.5, 0.6) is 5.75 Å². The van der Waals surface area contributed by atoms with Gasteiger partial charge in [0.25, 0.3) is 0 Å². The number of nitrogens with zero attached hydrogens (tertiary/aromatic N) is 1. The maximum Gasteiger partial charge on any atom is 0.188 e. The van der Waals surface area contributed by atoms with Gasteiger partial charge >= 0.3 is 0 Å². The number of hydrogen-bond donors (Lipinski definition) is 2. The summed E-state index contributed by atoms with van der Waals surface area (Å²) in [6.45, 7) is 6.96. The summed E-state index contributed by atoms with van der Waals surface area (Å²) in [5.74, 6) is 1.30. The maximum atomic E-state index is 5.74. The molecular formula is C14H21BrIN3O. The molecule has 0 aliphatic heterocycles. The van der Waals surface area contributed by atoms with E-state index in [9.17, 15) is 0 Å². The molecule has 1 aromatic carbocycles. The molecule has 1 rings (SSSR count). The third kappa shape index (κ3) is 6.60. The zero-order valence-electron chi connectivity index (χ0n) is 11.8. The molecule has 0 amide bonds. The standard InChI is InChI=1S/C14H20BrN3O.HI/c1-10(2)9-18-14(16)17-8-7-11-5-4-6-12(15)13(11)19-3;/h4-6H,1,7-9H2,2-3H3,(H3,16,17,18);1H. The number of hydrogen-bond acceptors (Lipinski definition) is 2. The molecular weight excluding hydrogens is 433 g/mol. The lowest BCUT2D eigenvalue weighted by Gasteiger charge is -2.11. The van der Waals surface area contributed by atoms with Gasteiger partial charge in [-0.25, -0.2) is 4.99 Å². The number of methoxy groups -OCH3 is 1. The van der Waals surface area contributed by atoms with Crippen molar-refractivity contribution in [3.05, 3.63) is 40.4 Å². The number of nitrogens with two attached hydrogens (primary N) is 1. The van der Waals surface area contributed by atoms with E-state index in [1.807, 2.05) is 25.1 Å². The minimum atomic E-state index is 0. The smallest absolute Gasteiger partial charge is 0.188 e. The molecule has 0 heterocycles. The molecule has 0 aliphatic rings. The van der Waals surface area contributed by atoms with Crippen molar-refractivity contribution >= 4 is 45.9 Å². The Kier molecular flexibility index (Phi) is 9.66. The van der Waals surface area contributed by atoms with Gasteiger partial charge in [0, 0.05) is 6.54 Å². The molecule has 0 radical (unpaired) electrons. The van der Waals surface area contributed by atoms with Crippen molar-refractivity contribution in [1.29, 1.82) is 0 Å². The van der Waals surface area contributed by atoms with Crippen molar-refractivity contribution in [2.24, 2.45) is 10.7 Å². The fraction of sp³-hybridized carbons (Fsp3) is 0.357. The predicted octanol–water partition coefficient (Wildman–Crippen LogP) is 3.10. The molecule has 112 valence electrons. The highest BCUT2D eigenvalue weighted by Crippen LogP contribution is 2.28. The lowest BCUT2D eigenvalue weighted by atomic mass is 10.1. The van der Waals surface area contributed by atoms with Crippen LogP contribution in [0.1, 0.15) is 12.5 Å². The van der Waals surface area contributed by atoms with Gasteiger partial charge in [-0.2, -0.15) is 0 Å². The van der Waals surface area contributed by atoms with Crippen molar-refractivity contribution in [3.63, 3.8) is 0 Å². The molecule has 4 nitrogen and oxygen atoms in total. The third-order valence-electron chi connectivity index (χ3n) is 2.47. The molecule has 0 aliphatic carbocycles. The Morgan fingerprint density at radius 2 is 2.20 bits per heavy atom. The summed E-state index contributed by atoms with van der Waals surface area (Å²) < 4.78 is 6.32. The van der Waals surface area contributed by atoms with Gasteiger partial charge < -0.3 is 15.8 Å². The largest absolute Gasteiger partial charge is 0.495 e. The second-order valence-corrected chi connectivity index (χ2v) is 5.12. The molecule has 0 fully saturated rings. The van der Waals surface area contributed by atoms with Crippen LogP contribution in [-0.2, 0) is 6.42 Å². The Bertz CT molecular complexity index is 477. The van der Waals surface area contributed by atoms with Gasteiger partial charge in [0.2, 0.25) is 0 Å². The van der Waals surface area contributed by atoms with E-state index in [1.54, 1.807) is 7.11 Å². The van der Waals surface area contributed by atoms with Crippen LogP contribution in [0.3, 0.4) is 0 Å². The molecule has 0 aromatic heterocycles. The Morgan fingerprint density at radius 1 is 1.50 bits per heavy atom. The van der Waals surface area contributed by atoms with E-state index >= 15 is 0 Å². The fourth-order valence-corrected chi connectivity index (χ4v) is 2.15. The Labute approximate surface area is 146 Å². The molecule has 3 N–H and O–H groups in total. The van der Waals surface area contributed by atoms with Gasteiger partial charge in [-0.05, 0) is 40.9 Å². The van der Waals surface area contributed by atoms with E-state index in [0.29, 0.717) is 19.0 Å². The first kappa shape index (κ1) is 19.2. The van der Waals surface area contributed by atoms with Crippen LogP contribution in [0, 0.1) is 0 Å². The zero-order chi connectivity index (χ0) is 14.3. The minimum absolute atomic E-state index is 0. The Hall–Kier alpha value is -0.760. The molecule has 0 saturated carbocycles. The first-order chi connectivity index (χ1) is 9.04. The van der Waals surface area contributed by atoms with Crippen molar-refractivity contribution in [1.82, 2.24) is 5.32 Å². The van der Waals surface area contributed by atoms with Gasteiger partial charge in [-0.15, -0.1) is 24.0 Å². The van der Waals surface area contributed by atoms with Gasteiger partial charge in [-0.3, -0.25) is 0 Å². The normalized spacial score (nSPS) is 10.7. The molecule has 1 aromatic rings. The molecule has 0 saturated heterocycles. The highest BCUT2D eigenvalue weighted by molar-refractivity contribution is 14.0. The monoisotopic (exact) mass is 453 g/mol. The lowest BCUT2D eigenvalue weighted by molar-refractivity contribution is 0.407. The number of ether oxygens (including phenoxy) is 1. The Morgan fingerprint density at radius 3 is 2.80 bits per heavy atom. The summed E-state index contributed by atoms with van der Waals surface area (Å²) >= 11 is 3.47. The molecule has 0 spiro atoms. The van der Waals surface area contributed by atoms with Crippen LogP contribution >= 0.6 is 39.9 Å². The van der Waals surface area contributed by atoms with E-state index in [-0.39, 0.29) is 24.0 Å². The van der Waals surface area contributed by atoms with E-state index in [0.717, 1.165) is 27.8 Å². The Balaban J connectivity index is 0.00000361. The van der Waals surface area contributed by atoms with Crippen molar-refractivity contribution in [2.45, 2.75) is 13.3 Å². The number of para-hydroxylation sites is 1. The van der Waals surface area contributed by atoms with Crippen molar-refractivity contribution < 1.29 is 4.74 Å². The van der Waals surface area contributed by atoms with Crippen LogP contribution in [0.4, 0.5) is 0 Å². The summed E-state index contributed by atoms with van der Waals surface area (Å²) in [7, 11) is 1.67.